The van der Waals surface area contributed by atoms with Crippen LogP contribution in [0.2, 0.25) is 0 Å². The highest BCUT2D eigenvalue weighted by Crippen LogP contribution is 2.28. The Bertz CT molecular complexity index is 1410. The Morgan fingerprint density at radius 1 is 1.17 bits per heavy atom. The Hall–Kier alpha value is -3.12. The summed E-state index contributed by atoms with van der Waals surface area (Å²) in [6, 6.07) is 12.0. The summed E-state index contributed by atoms with van der Waals surface area (Å²) >= 11 is 0. The Morgan fingerprint density at radius 3 is 2.50 bits per heavy atom. The van der Waals surface area contributed by atoms with Crippen LogP contribution in [0.5, 0.6) is 0 Å². The number of nitrogens with zero attached hydrogens (tertiary/aromatic N) is 3. The van der Waals surface area contributed by atoms with Crippen molar-refractivity contribution >= 4 is 26.6 Å². The first kappa shape index (κ1) is 26.0. The molecule has 0 aliphatic carbocycles. The van der Waals surface area contributed by atoms with Crippen molar-refractivity contribution in [3.63, 3.8) is 0 Å². The number of carbonyl (C=O) groups excluding carboxylic acids is 1. The van der Waals surface area contributed by atoms with Gasteiger partial charge in [0.05, 0.1) is 30.4 Å². The molecule has 36 heavy (non-hydrogen) atoms. The fourth-order valence-corrected chi connectivity index (χ4v) is 5.50. The standard InChI is InChI=1S/C25H30N4O6S/c1-17-20(19-5-3-18(4-6-19)15-28-11-13-35-14-12-28)7-8-21-23(17)26-16-29(25(21)31)10-9-22(24(30)27-32)36(2,33)34/h3-8,16,22,32H,9-15H2,1-2H3,(H,27,30)/t22-/m1/s1. The van der Waals surface area contributed by atoms with E-state index in [4.69, 9.17) is 9.94 Å². The van der Waals surface area contributed by atoms with Crippen molar-refractivity contribution in [3.8, 4) is 11.1 Å². The average Bonchev–Trinajstić information content (AvgIpc) is 2.86. The summed E-state index contributed by atoms with van der Waals surface area (Å²) in [6.07, 6.45) is 2.10. The lowest BCUT2D eigenvalue weighted by atomic mass is 9.97. The molecule has 1 saturated heterocycles. The molecule has 1 aromatic heterocycles. The van der Waals surface area contributed by atoms with Crippen LogP contribution >= 0.6 is 0 Å². The van der Waals surface area contributed by atoms with Gasteiger partial charge < -0.3 is 4.74 Å². The first-order chi connectivity index (χ1) is 17.2. The first-order valence-electron chi connectivity index (χ1n) is 11.7. The summed E-state index contributed by atoms with van der Waals surface area (Å²) in [5.74, 6) is -1.03. The number of carbonyl (C=O) groups is 1. The lowest BCUT2D eigenvalue weighted by Crippen LogP contribution is -2.39. The van der Waals surface area contributed by atoms with Gasteiger partial charge >= 0.3 is 0 Å². The summed E-state index contributed by atoms with van der Waals surface area (Å²) in [6.45, 7) is 6.14. The van der Waals surface area contributed by atoms with Crippen molar-refractivity contribution in [3.05, 3.63) is 64.2 Å². The van der Waals surface area contributed by atoms with Gasteiger partial charge in [-0.2, -0.15) is 0 Å². The average molecular weight is 515 g/mol. The fraction of sp³-hybridized carbons (Fsp3) is 0.400. The highest BCUT2D eigenvalue weighted by molar-refractivity contribution is 7.92. The van der Waals surface area contributed by atoms with Crippen molar-refractivity contribution in [2.24, 2.45) is 0 Å². The number of nitrogens with one attached hydrogen (secondary N) is 1. The van der Waals surface area contributed by atoms with Crippen molar-refractivity contribution < 1.29 is 23.2 Å². The zero-order valence-corrected chi connectivity index (χ0v) is 21.1. The molecule has 1 amide bonds. The minimum atomic E-state index is -3.77. The molecule has 1 atom stereocenters. The lowest BCUT2D eigenvalue weighted by molar-refractivity contribution is -0.128. The van der Waals surface area contributed by atoms with Gasteiger partial charge in [-0.1, -0.05) is 30.3 Å². The van der Waals surface area contributed by atoms with Crippen molar-refractivity contribution in [2.75, 3.05) is 32.6 Å². The van der Waals surface area contributed by atoms with Gasteiger partial charge in [0, 0.05) is 32.4 Å². The van der Waals surface area contributed by atoms with E-state index in [2.05, 4.69) is 34.1 Å². The Balaban J connectivity index is 1.56. The summed E-state index contributed by atoms with van der Waals surface area (Å²) in [4.78, 5) is 31.7. The first-order valence-corrected chi connectivity index (χ1v) is 13.7. The molecule has 1 fully saturated rings. The Kier molecular flexibility index (Phi) is 7.84. The van der Waals surface area contributed by atoms with Gasteiger partial charge in [-0.3, -0.25) is 24.3 Å². The van der Waals surface area contributed by atoms with Gasteiger partial charge in [0.1, 0.15) is 5.25 Å². The molecule has 0 bridgehead atoms. The number of morpholine rings is 1. The van der Waals surface area contributed by atoms with Crippen LogP contribution in [0.1, 0.15) is 17.5 Å². The third kappa shape index (κ3) is 5.65. The molecule has 2 heterocycles. The van der Waals surface area contributed by atoms with Crippen LogP contribution < -0.4 is 11.0 Å². The number of sulfone groups is 1. The van der Waals surface area contributed by atoms with Gasteiger partial charge in [0.25, 0.3) is 11.5 Å². The van der Waals surface area contributed by atoms with Crippen molar-refractivity contribution in [2.45, 2.75) is 31.7 Å². The minimum absolute atomic E-state index is 0.0433. The molecule has 0 unspecified atom stereocenters. The van der Waals surface area contributed by atoms with Gasteiger partial charge in [-0.25, -0.2) is 18.9 Å². The maximum absolute atomic E-state index is 13.1. The second-order valence-electron chi connectivity index (χ2n) is 9.05. The van der Waals surface area contributed by atoms with E-state index in [0.717, 1.165) is 55.8 Å². The number of hydrogen-bond acceptors (Lipinski definition) is 8. The van der Waals surface area contributed by atoms with E-state index in [0.29, 0.717) is 10.9 Å². The number of amides is 1. The number of ether oxygens (including phenoxy) is 1. The van der Waals surface area contributed by atoms with E-state index in [1.54, 1.807) is 6.07 Å². The molecule has 2 aromatic carbocycles. The normalized spacial score (nSPS) is 15.6. The lowest BCUT2D eigenvalue weighted by Gasteiger charge is -2.26. The van der Waals surface area contributed by atoms with Gasteiger partial charge in [-0.15, -0.1) is 0 Å². The van der Waals surface area contributed by atoms with E-state index in [9.17, 15) is 18.0 Å². The van der Waals surface area contributed by atoms with Crippen LogP contribution in [0.15, 0.2) is 47.5 Å². The van der Waals surface area contributed by atoms with E-state index in [-0.39, 0.29) is 18.5 Å². The van der Waals surface area contributed by atoms with E-state index < -0.39 is 21.0 Å². The van der Waals surface area contributed by atoms with E-state index >= 15 is 0 Å². The van der Waals surface area contributed by atoms with Crippen molar-refractivity contribution in [1.29, 1.82) is 0 Å². The SMILES string of the molecule is Cc1c(-c2ccc(CN3CCOCC3)cc2)ccc2c(=O)n(CC[C@H](C(=O)NO)S(C)(=O)=O)cnc12. The largest absolute Gasteiger partial charge is 0.379 e. The van der Waals surface area contributed by atoms with Crippen LogP contribution in [0.25, 0.3) is 22.0 Å². The number of hydroxylamine groups is 1. The number of fused-ring (bicyclic) bond motifs is 1. The topological polar surface area (TPSA) is 131 Å². The third-order valence-electron chi connectivity index (χ3n) is 6.57. The van der Waals surface area contributed by atoms with Crippen molar-refractivity contribution in [1.82, 2.24) is 19.9 Å². The summed E-state index contributed by atoms with van der Waals surface area (Å²) in [5, 5.41) is 7.79. The molecule has 1 aliphatic rings. The third-order valence-corrected chi connectivity index (χ3v) is 8.06. The number of rotatable bonds is 8. The highest BCUT2D eigenvalue weighted by Gasteiger charge is 2.28. The second kappa shape index (κ2) is 10.9. The van der Waals surface area contributed by atoms with E-state index in [1.807, 2.05) is 13.0 Å². The molecule has 3 aromatic rings. The molecule has 0 saturated carbocycles. The molecule has 192 valence electrons. The Morgan fingerprint density at radius 2 is 1.86 bits per heavy atom. The number of aryl methyl sites for hydroxylation is 2. The summed E-state index contributed by atoms with van der Waals surface area (Å²) < 4.78 is 30.5. The van der Waals surface area contributed by atoms with Gasteiger partial charge in [0.2, 0.25) is 0 Å². The predicted molar refractivity (Wildman–Crippen MR) is 135 cm³/mol. The number of hydrogen-bond donors (Lipinski definition) is 2. The smallest absolute Gasteiger partial charge is 0.261 e. The van der Waals surface area contributed by atoms with Gasteiger partial charge in [0.15, 0.2) is 9.84 Å². The minimum Gasteiger partial charge on any atom is -0.379 e. The molecule has 4 rings (SSSR count). The number of aromatic nitrogens is 2. The summed E-state index contributed by atoms with van der Waals surface area (Å²) in [5.41, 5.74) is 5.71. The van der Waals surface area contributed by atoms with E-state index in [1.165, 1.54) is 21.9 Å². The molecular weight excluding hydrogens is 484 g/mol. The molecule has 1 aliphatic heterocycles. The molecule has 11 heteroatoms. The van der Waals surface area contributed by atoms with Crippen LogP contribution in [0, 0.1) is 6.92 Å². The molecule has 0 radical (unpaired) electrons. The molecule has 10 nitrogen and oxygen atoms in total. The van der Waals surface area contributed by atoms with Gasteiger partial charge in [-0.05, 0) is 41.7 Å². The predicted octanol–water partition coefficient (Wildman–Crippen LogP) is 1.51. The maximum atomic E-state index is 13.1. The number of benzene rings is 2. The second-order valence-corrected chi connectivity index (χ2v) is 11.3. The molecule has 2 N–H and O–H groups in total. The highest BCUT2D eigenvalue weighted by atomic mass is 32.2. The fourth-order valence-electron chi connectivity index (χ4n) is 4.52. The van der Waals surface area contributed by atoms with Crippen LogP contribution in [0.3, 0.4) is 0 Å². The quantitative estimate of drug-likeness (QED) is 0.342. The van der Waals surface area contributed by atoms with Crippen LogP contribution in [-0.2, 0) is 32.5 Å². The maximum Gasteiger partial charge on any atom is 0.261 e. The molecule has 0 spiro atoms. The summed E-state index contributed by atoms with van der Waals surface area (Å²) in [7, 11) is -3.77. The monoisotopic (exact) mass is 514 g/mol. The molecular formula is C25H30N4O6S. The Labute approximate surface area is 209 Å². The van der Waals surface area contributed by atoms with Crippen LogP contribution in [-0.4, -0.2) is 71.8 Å². The van der Waals surface area contributed by atoms with Crippen LogP contribution in [0.4, 0.5) is 0 Å². The zero-order chi connectivity index (χ0) is 25.9. The zero-order valence-electron chi connectivity index (χ0n) is 20.3.